The summed E-state index contributed by atoms with van der Waals surface area (Å²) in [4.78, 5) is 4.41. The zero-order chi connectivity index (χ0) is 14.7. The summed E-state index contributed by atoms with van der Waals surface area (Å²) in [5.41, 5.74) is 6.34. The molecule has 2 N–H and O–H groups in total. The van der Waals surface area contributed by atoms with E-state index >= 15 is 0 Å². The van der Waals surface area contributed by atoms with Crippen molar-refractivity contribution < 1.29 is 8.78 Å². The second-order valence-corrected chi connectivity index (χ2v) is 5.67. The molecule has 1 heterocycles. The molecule has 0 bridgehead atoms. The molecule has 2 unspecified atom stereocenters. The summed E-state index contributed by atoms with van der Waals surface area (Å²) in [5.74, 6) is -1.06. The van der Waals surface area contributed by atoms with Crippen LogP contribution in [0.5, 0.6) is 0 Å². The minimum absolute atomic E-state index is 0.182. The van der Waals surface area contributed by atoms with Gasteiger partial charge in [0.15, 0.2) is 0 Å². The van der Waals surface area contributed by atoms with E-state index in [9.17, 15) is 8.78 Å². The van der Waals surface area contributed by atoms with Gasteiger partial charge < -0.3 is 10.6 Å². The zero-order valence-electron chi connectivity index (χ0n) is 12.1. The fraction of sp³-hybridized carbons (Fsp3) is 0.600. The quantitative estimate of drug-likeness (QED) is 0.917. The van der Waals surface area contributed by atoms with Crippen LogP contribution in [0.3, 0.4) is 0 Å². The maximum atomic E-state index is 14.0. The normalized spacial score (nSPS) is 22.2. The first-order valence-electron chi connectivity index (χ1n) is 7.08. The van der Waals surface area contributed by atoms with Gasteiger partial charge in [-0.1, -0.05) is 6.07 Å². The summed E-state index contributed by atoms with van der Waals surface area (Å²) in [6.45, 7) is 2.11. The molecule has 1 aromatic carbocycles. The predicted octanol–water partition coefficient (Wildman–Crippen LogP) is 1.99. The Labute approximate surface area is 119 Å². The maximum absolute atomic E-state index is 14.0. The molecule has 0 aromatic heterocycles. The topological polar surface area (TPSA) is 32.5 Å². The number of hydrogen-bond donors (Lipinski definition) is 1. The maximum Gasteiger partial charge on any atom is 0.130 e. The van der Waals surface area contributed by atoms with Crippen molar-refractivity contribution in [3.05, 3.63) is 35.4 Å². The van der Waals surface area contributed by atoms with Crippen molar-refractivity contribution in [2.45, 2.75) is 24.9 Å². The molecule has 0 spiro atoms. The van der Waals surface area contributed by atoms with Crippen LogP contribution in [-0.2, 0) is 0 Å². The van der Waals surface area contributed by atoms with Crippen LogP contribution in [0.1, 0.15) is 24.4 Å². The summed E-state index contributed by atoms with van der Waals surface area (Å²) in [6, 6.07) is 4.03. The summed E-state index contributed by atoms with van der Waals surface area (Å²) < 4.78 is 27.0. The van der Waals surface area contributed by atoms with Crippen LogP contribution >= 0.6 is 0 Å². The van der Waals surface area contributed by atoms with Gasteiger partial charge in [0.2, 0.25) is 0 Å². The van der Waals surface area contributed by atoms with E-state index in [1.54, 1.807) is 0 Å². The fourth-order valence-electron chi connectivity index (χ4n) is 2.93. The highest BCUT2D eigenvalue weighted by atomic mass is 19.1. The second kappa shape index (κ2) is 6.61. The molecule has 1 aliphatic rings. The third-order valence-corrected chi connectivity index (χ3v) is 4.14. The molecule has 1 fully saturated rings. The van der Waals surface area contributed by atoms with Gasteiger partial charge in [-0.15, -0.1) is 0 Å². The highest BCUT2D eigenvalue weighted by Crippen LogP contribution is 2.27. The van der Waals surface area contributed by atoms with E-state index < -0.39 is 11.6 Å². The third kappa shape index (κ3) is 3.34. The predicted molar refractivity (Wildman–Crippen MR) is 76.4 cm³/mol. The lowest BCUT2D eigenvalue weighted by Gasteiger charge is -2.40. The molecule has 2 atom stereocenters. The van der Waals surface area contributed by atoms with Crippen molar-refractivity contribution in [1.29, 1.82) is 0 Å². The van der Waals surface area contributed by atoms with Crippen LogP contribution in [0.2, 0.25) is 0 Å². The number of nitrogens with zero attached hydrogens (tertiary/aromatic N) is 2. The van der Waals surface area contributed by atoms with Crippen LogP contribution in [0.4, 0.5) is 8.78 Å². The molecular formula is C15H23F2N3. The van der Waals surface area contributed by atoms with Crippen LogP contribution in [0.25, 0.3) is 0 Å². The Bertz CT molecular complexity index is 451. The van der Waals surface area contributed by atoms with Gasteiger partial charge in [-0.2, -0.15) is 0 Å². The number of likely N-dealkylation sites (N-methyl/N-ethyl adjacent to an activating group) is 1. The first-order chi connectivity index (χ1) is 9.52. The average Bonchev–Trinajstić information content (AvgIpc) is 2.42. The van der Waals surface area contributed by atoms with Crippen molar-refractivity contribution in [1.82, 2.24) is 9.80 Å². The van der Waals surface area contributed by atoms with Crippen molar-refractivity contribution in [2.75, 3.05) is 33.7 Å². The second-order valence-electron chi connectivity index (χ2n) is 5.67. The molecule has 2 rings (SSSR count). The number of piperidine rings is 1. The van der Waals surface area contributed by atoms with Gasteiger partial charge in [-0.3, -0.25) is 4.90 Å². The summed E-state index contributed by atoms with van der Waals surface area (Å²) >= 11 is 0. The van der Waals surface area contributed by atoms with Crippen LogP contribution < -0.4 is 5.73 Å². The third-order valence-electron chi connectivity index (χ3n) is 4.14. The lowest BCUT2D eigenvalue weighted by molar-refractivity contribution is 0.0969. The van der Waals surface area contributed by atoms with Crippen LogP contribution in [-0.4, -0.2) is 49.6 Å². The van der Waals surface area contributed by atoms with E-state index in [1.807, 2.05) is 0 Å². The molecule has 0 amide bonds. The largest absolute Gasteiger partial charge is 0.329 e. The number of benzene rings is 1. The Morgan fingerprint density at radius 2 is 2.15 bits per heavy atom. The first kappa shape index (κ1) is 15.4. The van der Waals surface area contributed by atoms with E-state index in [4.69, 9.17) is 5.73 Å². The lowest BCUT2D eigenvalue weighted by atomic mass is 9.98. The number of nitrogens with two attached hydrogens (primary N) is 1. The number of likely N-dealkylation sites (tertiary alicyclic amines) is 1. The van der Waals surface area contributed by atoms with Crippen molar-refractivity contribution in [3.63, 3.8) is 0 Å². The smallest absolute Gasteiger partial charge is 0.130 e. The Morgan fingerprint density at radius 1 is 1.40 bits per heavy atom. The van der Waals surface area contributed by atoms with Gasteiger partial charge in [-0.25, -0.2) is 8.78 Å². The minimum atomic E-state index is -0.549. The van der Waals surface area contributed by atoms with Crippen molar-refractivity contribution in [3.8, 4) is 0 Å². The molecule has 5 heteroatoms. The number of hydrogen-bond acceptors (Lipinski definition) is 3. The first-order valence-corrected chi connectivity index (χ1v) is 7.08. The highest BCUT2D eigenvalue weighted by Gasteiger charge is 2.28. The van der Waals surface area contributed by atoms with Gasteiger partial charge in [0, 0.05) is 36.8 Å². The molecule has 0 aliphatic carbocycles. The van der Waals surface area contributed by atoms with Gasteiger partial charge in [-0.05, 0) is 39.5 Å². The molecule has 112 valence electrons. The van der Waals surface area contributed by atoms with E-state index in [-0.39, 0.29) is 6.04 Å². The van der Waals surface area contributed by atoms with E-state index in [2.05, 4.69) is 23.9 Å². The SMILES string of the molecule is CN(C)C1CCCN(C(CN)c2ccc(F)cc2F)C1. The molecule has 1 aromatic rings. The molecule has 0 radical (unpaired) electrons. The molecule has 1 aliphatic heterocycles. The summed E-state index contributed by atoms with van der Waals surface area (Å²) in [5, 5.41) is 0. The molecule has 3 nitrogen and oxygen atoms in total. The summed E-state index contributed by atoms with van der Waals surface area (Å²) in [7, 11) is 4.12. The fourth-order valence-corrected chi connectivity index (χ4v) is 2.93. The van der Waals surface area contributed by atoms with E-state index in [0.29, 0.717) is 18.2 Å². The van der Waals surface area contributed by atoms with Crippen molar-refractivity contribution >= 4 is 0 Å². The van der Waals surface area contributed by atoms with Gasteiger partial charge in [0.1, 0.15) is 11.6 Å². The molecule has 20 heavy (non-hydrogen) atoms. The Balaban J connectivity index is 2.19. The summed E-state index contributed by atoms with van der Waals surface area (Å²) in [6.07, 6.45) is 2.22. The molecule has 0 saturated carbocycles. The van der Waals surface area contributed by atoms with Crippen LogP contribution in [0.15, 0.2) is 18.2 Å². The minimum Gasteiger partial charge on any atom is -0.329 e. The Morgan fingerprint density at radius 3 is 2.75 bits per heavy atom. The Kier molecular flexibility index (Phi) is 5.07. The molecular weight excluding hydrogens is 260 g/mol. The van der Waals surface area contributed by atoms with Crippen LogP contribution in [0, 0.1) is 11.6 Å². The van der Waals surface area contributed by atoms with Gasteiger partial charge >= 0.3 is 0 Å². The zero-order valence-corrected chi connectivity index (χ0v) is 12.1. The number of rotatable bonds is 4. The lowest BCUT2D eigenvalue weighted by Crippen LogP contribution is -2.48. The Hall–Kier alpha value is -1.04. The van der Waals surface area contributed by atoms with Crippen molar-refractivity contribution in [2.24, 2.45) is 5.73 Å². The monoisotopic (exact) mass is 283 g/mol. The standard InChI is InChI=1S/C15H23F2N3/c1-19(2)12-4-3-7-20(10-12)15(9-18)13-6-5-11(16)8-14(13)17/h5-6,8,12,15H,3-4,7,9-10,18H2,1-2H3. The van der Waals surface area contributed by atoms with E-state index in [0.717, 1.165) is 32.0 Å². The van der Waals surface area contributed by atoms with Gasteiger partial charge in [0.25, 0.3) is 0 Å². The molecule has 1 saturated heterocycles. The van der Waals surface area contributed by atoms with E-state index in [1.165, 1.54) is 12.1 Å². The number of halogens is 2. The average molecular weight is 283 g/mol. The highest BCUT2D eigenvalue weighted by molar-refractivity contribution is 5.23. The van der Waals surface area contributed by atoms with Gasteiger partial charge in [0.05, 0.1) is 0 Å².